The minimum Gasteiger partial charge on any atom is -0.347 e. The lowest BCUT2D eigenvalue weighted by Gasteiger charge is -2.02. The van der Waals surface area contributed by atoms with Crippen LogP contribution in [0.2, 0.25) is 0 Å². The molecule has 1 heterocycles. The number of aryl methyl sites for hydroxylation is 1. The van der Waals surface area contributed by atoms with Gasteiger partial charge in [0.1, 0.15) is 5.82 Å². The van der Waals surface area contributed by atoms with Gasteiger partial charge in [0.05, 0.1) is 11.1 Å². The number of nitrogens with one attached hydrogen (secondary N) is 1. The predicted molar refractivity (Wildman–Crippen MR) is 91.9 cm³/mol. The molecule has 0 saturated carbocycles. The Bertz CT molecular complexity index is 992. The molecule has 0 aliphatic heterocycles. The first kappa shape index (κ1) is 16.2. The molecule has 0 bridgehead atoms. The van der Waals surface area contributed by atoms with Crippen LogP contribution in [-0.4, -0.2) is 19.2 Å². The Labute approximate surface area is 139 Å². The topological polar surface area (TPSA) is 63.5 Å². The van der Waals surface area contributed by atoms with Crippen molar-refractivity contribution in [2.45, 2.75) is 18.4 Å². The summed E-state index contributed by atoms with van der Waals surface area (Å²) in [5, 5.41) is 4.83. The molecule has 124 valence electrons. The molecule has 0 atom stereocenters. The highest BCUT2D eigenvalue weighted by molar-refractivity contribution is 7.89. The molecule has 0 fully saturated rings. The van der Waals surface area contributed by atoms with E-state index < -0.39 is 15.8 Å². The summed E-state index contributed by atoms with van der Waals surface area (Å²) < 4.78 is 39.2. The van der Waals surface area contributed by atoms with Gasteiger partial charge < -0.3 is 4.57 Å². The van der Waals surface area contributed by atoms with Gasteiger partial charge in [-0.25, -0.2) is 9.22 Å². The van der Waals surface area contributed by atoms with Crippen LogP contribution in [0.4, 0.5) is 4.39 Å². The molecule has 0 aliphatic carbocycles. The van der Waals surface area contributed by atoms with Crippen LogP contribution in [0.25, 0.3) is 10.9 Å². The molecule has 7 heteroatoms. The van der Waals surface area contributed by atoms with Crippen molar-refractivity contribution < 1.29 is 12.8 Å². The second-order valence-electron chi connectivity index (χ2n) is 5.19. The number of hydrogen-bond acceptors (Lipinski definition) is 3. The molecular formula is C17H16FN3O2S. The fourth-order valence-electron chi connectivity index (χ4n) is 2.47. The van der Waals surface area contributed by atoms with Crippen molar-refractivity contribution in [3.05, 3.63) is 66.1 Å². The monoisotopic (exact) mass is 345 g/mol. The Kier molecular flexibility index (Phi) is 4.35. The van der Waals surface area contributed by atoms with Gasteiger partial charge in [-0.05, 0) is 37.3 Å². The number of sulfonamides is 1. The van der Waals surface area contributed by atoms with Gasteiger partial charge in [0.25, 0.3) is 10.0 Å². The van der Waals surface area contributed by atoms with Crippen molar-refractivity contribution in [1.82, 2.24) is 9.40 Å². The molecule has 1 aromatic heterocycles. The van der Waals surface area contributed by atoms with Crippen molar-refractivity contribution in [3.63, 3.8) is 0 Å². The van der Waals surface area contributed by atoms with Crippen molar-refractivity contribution in [2.75, 3.05) is 0 Å². The molecule has 2 aromatic carbocycles. The smallest absolute Gasteiger partial charge is 0.276 e. The third kappa shape index (κ3) is 3.16. The van der Waals surface area contributed by atoms with Crippen molar-refractivity contribution in [2.24, 2.45) is 5.10 Å². The average Bonchev–Trinajstić information content (AvgIpc) is 2.93. The summed E-state index contributed by atoms with van der Waals surface area (Å²) in [5.41, 5.74) is 1.87. The highest BCUT2D eigenvalue weighted by atomic mass is 32.2. The van der Waals surface area contributed by atoms with E-state index in [1.807, 2.05) is 37.4 Å². The Morgan fingerprint density at radius 1 is 1.17 bits per heavy atom. The lowest BCUT2D eigenvalue weighted by Crippen LogP contribution is -2.18. The maximum Gasteiger partial charge on any atom is 0.276 e. The minimum absolute atomic E-state index is 0.0444. The molecule has 0 spiro atoms. The summed E-state index contributed by atoms with van der Waals surface area (Å²) >= 11 is 0. The van der Waals surface area contributed by atoms with Crippen LogP contribution in [0.3, 0.4) is 0 Å². The second-order valence-corrected chi connectivity index (χ2v) is 6.86. The molecule has 5 nitrogen and oxygen atoms in total. The zero-order valence-electron chi connectivity index (χ0n) is 13.0. The molecule has 0 amide bonds. The molecule has 3 rings (SSSR count). The van der Waals surface area contributed by atoms with Gasteiger partial charge in [0.2, 0.25) is 0 Å². The average molecular weight is 345 g/mol. The van der Waals surface area contributed by atoms with Gasteiger partial charge in [-0.1, -0.05) is 18.2 Å². The zero-order valence-corrected chi connectivity index (χ0v) is 13.8. The second kappa shape index (κ2) is 6.45. The Hall–Kier alpha value is -2.67. The van der Waals surface area contributed by atoms with E-state index in [0.29, 0.717) is 0 Å². The third-order valence-corrected chi connectivity index (χ3v) is 4.90. The van der Waals surface area contributed by atoms with Gasteiger partial charge in [-0.2, -0.15) is 13.5 Å². The SMILES string of the molecule is CCn1cc(/C=N/NS(=O)(=O)c2ccc(F)cc2)c2ccccc21. The van der Waals surface area contributed by atoms with E-state index in [9.17, 15) is 12.8 Å². The Balaban J connectivity index is 1.85. The number of halogens is 1. The number of fused-ring (bicyclic) bond motifs is 1. The predicted octanol–water partition coefficient (Wildman–Crippen LogP) is 3.11. The zero-order chi connectivity index (χ0) is 17.2. The molecule has 0 aliphatic rings. The van der Waals surface area contributed by atoms with E-state index in [1.165, 1.54) is 18.3 Å². The van der Waals surface area contributed by atoms with Gasteiger partial charge in [-0.15, -0.1) is 0 Å². The van der Waals surface area contributed by atoms with E-state index >= 15 is 0 Å². The number of hydrazone groups is 1. The van der Waals surface area contributed by atoms with Crippen LogP contribution in [0.15, 0.2) is 64.7 Å². The van der Waals surface area contributed by atoms with Crippen LogP contribution in [-0.2, 0) is 16.6 Å². The highest BCUT2D eigenvalue weighted by Crippen LogP contribution is 2.19. The van der Waals surface area contributed by atoms with E-state index in [4.69, 9.17) is 0 Å². The number of nitrogens with zero attached hydrogens (tertiary/aromatic N) is 2. The van der Waals surface area contributed by atoms with Crippen LogP contribution >= 0.6 is 0 Å². The van der Waals surface area contributed by atoms with Crippen molar-refractivity contribution in [3.8, 4) is 0 Å². The number of para-hydroxylation sites is 1. The summed E-state index contributed by atoms with van der Waals surface area (Å²) in [7, 11) is -3.82. The van der Waals surface area contributed by atoms with Gasteiger partial charge in [0.15, 0.2) is 0 Å². The van der Waals surface area contributed by atoms with E-state index in [2.05, 4.69) is 14.5 Å². The molecular weight excluding hydrogens is 329 g/mol. The van der Waals surface area contributed by atoms with Crippen molar-refractivity contribution >= 4 is 27.1 Å². The summed E-state index contributed by atoms with van der Waals surface area (Å²) in [6.45, 7) is 2.83. The summed E-state index contributed by atoms with van der Waals surface area (Å²) in [6.07, 6.45) is 3.38. The third-order valence-electron chi connectivity index (χ3n) is 3.66. The first-order chi connectivity index (χ1) is 11.5. The number of benzene rings is 2. The van der Waals surface area contributed by atoms with Crippen LogP contribution in [0, 0.1) is 5.82 Å². The first-order valence-corrected chi connectivity index (χ1v) is 8.88. The van der Waals surface area contributed by atoms with E-state index in [-0.39, 0.29) is 4.90 Å². The molecule has 24 heavy (non-hydrogen) atoms. The number of hydrogen-bond donors (Lipinski definition) is 1. The van der Waals surface area contributed by atoms with Crippen LogP contribution in [0.5, 0.6) is 0 Å². The minimum atomic E-state index is -3.82. The summed E-state index contributed by atoms with van der Waals surface area (Å²) in [4.78, 5) is 2.10. The summed E-state index contributed by atoms with van der Waals surface area (Å²) in [6, 6.07) is 12.4. The highest BCUT2D eigenvalue weighted by Gasteiger charge is 2.12. The maximum atomic E-state index is 12.9. The molecule has 0 saturated heterocycles. The van der Waals surface area contributed by atoms with Crippen molar-refractivity contribution in [1.29, 1.82) is 0 Å². The van der Waals surface area contributed by atoms with E-state index in [1.54, 1.807) is 0 Å². The maximum absolute atomic E-state index is 12.9. The quantitative estimate of drug-likeness (QED) is 0.570. The number of aromatic nitrogens is 1. The summed E-state index contributed by atoms with van der Waals surface area (Å²) in [5.74, 6) is -0.496. The standard InChI is InChI=1S/C17H16FN3O2S/c1-2-21-12-13(16-5-3-4-6-17(16)21)11-19-20-24(22,23)15-9-7-14(18)8-10-15/h3-12,20H,2H2,1H3/b19-11+. The van der Waals surface area contributed by atoms with Crippen LogP contribution in [0.1, 0.15) is 12.5 Å². The fraction of sp³-hybridized carbons (Fsp3) is 0.118. The molecule has 0 unspecified atom stereocenters. The Morgan fingerprint density at radius 2 is 1.88 bits per heavy atom. The fourth-order valence-corrected chi connectivity index (χ4v) is 3.26. The van der Waals surface area contributed by atoms with Gasteiger partial charge in [-0.3, -0.25) is 0 Å². The van der Waals surface area contributed by atoms with Gasteiger partial charge >= 0.3 is 0 Å². The lowest BCUT2D eigenvalue weighted by molar-refractivity contribution is 0.583. The molecule has 3 aromatic rings. The van der Waals surface area contributed by atoms with Gasteiger partial charge in [0, 0.05) is 29.2 Å². The molecule has 1 N–H and O–H groups in total. The number of rotatable bonds is 5. The first-order valence-electron chi connectivity index (χ1n) is 7.39. The lowest BCUT2D eigenvalue weighted by atomic mass is 10.2. The van der Waals surface area contributed by atoms with E-state index in [0.717, 1.165) is 35.1 Å². The largest absolute Gasteiger partial charge is 0.347 e. The normalized spacial score (nSPS) is 12.1. The molecule has 0 radical (unpaired) electrons. The van der Waals surface area contributed by atoms with Crippen LogP contribution < -0.4 is 4.83 Å². The Morgan fingerprint density at radius 3 is 2.58 bits per heavy atom.